The predicted octanol–water partition coefficient (Wildman–Crippen LogP) is 6.88. The number of ketones is 2. The maximum atomic E-state index is 13.4. The van der Waals surface area contributed by atoms with Gasteiger partial charge in [-0.3, -0.25) is 9.59 Å². The van der Waals surface area contributed by atoms with Crippen LogP contribution in [0.4, 0.5) is 0 Å². The molecule has 3 fully saturated rings. The van der Waals surface area contributed by atoms with Gasteiger partial charge in [0.05, 0.1) is 7.11 Å². The molecule has 0 unspecified atom stereocenters. The molecule has 3 saturated carbocycles. The minimum absolute atomic E-state index is 0.0168. The zero-order chi connectivity index (χ0) is 26.2. The number of ether oxygens (including phenoxy) is 1. The second-order valence-electron chi connectivity index (χ2n) is 11.9. The first-order valence-corrected chi connectivity index (χ1v) is 12.8. The Morgan fingerprint density at radius 2 is 1.60 bits per heavy atom. The summed E-state index contributed by atoms with van der Waals surface area (Å²) in [7, 11) is 1.37. The number of allylic oxidation sites excluding steroid dienone is 9. The molecule has 0 spiro atoms. The largest absolute Gasteiger partial charge is 0.466 e. The van der Waals surface area contributed by atoms with Crippen LogP contribution in [0.25, 0.3) is 0 Å². The molecule has 3 rings (SSSR count). The number of fused-ring (bicyclic) bond motifs is 3. The molecule has 0 radical (unpaired) electrons. The molecule has 0 amide bonds. The topological polar surface area (TPSA) is 60.4 Å². The van der Waals surface area contributed by atoms with Gasteiger partial charge in [0.1, 0.15) is 5.78 Å². The number of carbonyl (C=O) groups excluding carboxylic acids is 3. The molecule has 3 aliphatic rings. The van der Waals surface area contributed by atoms with Crippen molar-refractivity contribution in [1.82, 2.24) is 0 Å². The number of hydrogen-bond acceptors (Lipinski definition) is 4. The highest BCUT2D eigenvalue weighted by molar-refractivity contribution is 6.01. The summed E-state index contributed by atoms with van der Waals surface area (Å²) in [6, 6.07) is 0. The predicted molar refractivity (Wildman–Crippen MR) is 141 cm³/mol. The minimum atomic E-state index is -0.335. The smallest absolute Gasteiger partial charge is 0.333 e. The normalized spacial score (nSPS) is 34.9. The van der Waals surface area contributed by atoms with Crippen molar-refractivity contribution in [2.75, 3.05) is 7.11 Å². The first-order valence-electron chi connectivity index (χ1n) is 12.8. The molecule has 0 bridgehead atoms. The van der Waals surface area contributed by atoms with Crippen molar-refractivity contribution in [3.8, 4) is 0 Å². The molecular weight excluding hydrogens is 436 g/mol. The molecule has 0 saturated heterocycles. The van der Waals surface area contributed by atoms with Crippen LogP contribution in [0.1, 0.15) is 80.6 Å². The van der Waals surface area contributed by atoms with Gasteiger partial charge in [0.15, 0.2) is 5.78 Å². The summed E-state index contributed by atoms with van der Waals surface area (Å²) in [5.74, 6) is 0.955. The van der Waals surface area contributed by atoms with Gasteiger partial charge in [0.2, 0.25) is 0 Å². The van der Waals surface area contributed by atoms with Crippen LogP contribution in [0.5, 0.6) is 0 Å². The van der Waals surface area contributed by atoms with Crippen molar-refractivity contribution in [2.45, 2.75) is 80.6 Å². The SMILES string of the molecule is COC(=O)\C(C)=C/C=C/C(C)=C/C=C/C(C)=C1\C(=O)C[C@H]2[C@@]3(C)CCC(=O)C(C)(C)[C@@H]3CC[C@]12C. The lowest BCUT2D eigenvalue weighted by Gasteiger charge is -2.60. The second-order valence-corrected chi connectivity index (χ2v) is 11.9. The highest BCUT2D eigenvalue weighted by Crippen LogP contribution is 2.68. The lowest BCUT2D eigenvalue weighted by atomic mass is 9.43. The van der Waals surface area contributed by atoms with Crippen molar-refractivity contribution in [2.24, 2.45) is 28.1 Å². The first-order chi connectivity index (χ1) is 16.3. The van der Waals surface area contributed by atoms with Crippen molar-refractivity contribution in [3.05, 3.63) is 58.7 Å². The molecule has 4 heteroatoms. The summed E-state index contributed by atoms with van der Waals surface area (Å²) >= 11 is 0. The third-order valence-corrected chi connectivity index (χ3v) is 9.35. The van der Waals surface area contributed by atoms with Gasteiger partial charge < -0.3 is 4.74 Å². The van der Waals surface area contributed by atoms with E-state index in [9.17, 15) is 14.4 Å². The first kappa shape index (κ1) is 27.1. The maximum Gasteiger partial charge on any atom is 0.333 e. The Hall–Kier alpha value is -2.49. The molecular formula is C31H42O4. The quantitative estimate of drug-likeness (QED) is 0.245. The summed E-state index contributed by atoms with van der Waals surface area (Å²) in [5, 5.41) is 0. The Morgan fingerprint density at radius 1 is 0.943 bits per heavy atom. The van der Waals surface area contributed by atoms with Gasteiger partial charge in [0, 0.05) is 34.8 Å². The molecule has 4 nitrogen and oxygen atoms in total. The molecule has 0 aliphatic heterocycles. The Labute approximate surface area is 211 Å². The molecule has 0 aromatic heterocycles. The third-order valence-electron chi connectivity index (χ3n) is 9.35. The number of esters is 1. The Bertz CT molecular complexity index is 1060. The second kappa shape index (κ2) is 9.87. The van der Waals surface area contributed by atoms with E-state index in [0.29, 0.717) is 30.1 Å². The summed E-state index contributed by atoms with van der Waals surface area (Å²) in [6.07, 6.45) is 15.6. The van der Waals surface area contributed by atoms with E-state index in [1.165, 1.54) is 7.11 Å². The van der Waals surface area contributed by atoms with Crippen LogP contribution in [-0.4, -0.2) is 24.6 Å². The number of methoxy groups -OCH3 is 1. The average Bonchev–Trinajstić information content (AvgIpc) is 3.07. The highest BCUT2D eigenvalue weighted by atomic mass is 16.5. The number of rotatable bonds is 5. The maximum absolute atomic E-state index is 13.4. The van der Waals surface area contributed by atoms with Gasteiger partial charge in [-0.1, -0.05) is 69.7 Å². The average molecular weight is 479 g/mol. The Balaban J connectivity index is 1.83. The fourth-order valence-electron chi connectivity index (χ4n) is 7.44. The molecule has 0 aromatic carbocycles. The van der Waals surface area contributed by atoms with Gasteiger partial charge in [-0.05, 0) is 62.9 Å². The van der Waals surface area contributed by atoms with E-state index in [4.69, 9.17) is 4.74 Å². The van der Waals surface area contributed by atoms with E-state index in [0.717, 1.165) is 36.0 Å². The van der Waals surface area contributed by atoms with Gasteiger partial charge in [-0.2, -0.15) is 0 Å². The van der Waals surface area contributed by atoms with Gasteiger partial charge in [0.25, 0.3) is 0 Å². The monoisotopic (exact) mass is 478 g/mol. The van der Waals surface area contributed by atoms with Crippen LogP contribution >= 0.6 is 0 Å². The van der Waals surface area contributed by atoms with Crippen LogP contribution in [0.3, 0.4) is 0 Å². The highest BCUT2D eigenvalue weighted by Gasteiger charge is 2.64. The Kier molecular flexibility index (Phi) is 7.64. The molecule has 190 valence electrons. The lowest BCUT2D eigenvalue weighted by molar-refractivity contribution is -0.154. The standard InChI is InChI=1S/C31H42O4/c1-20(12-10-14-22(3)28(34)35-8)11-9-13-21(2)27-23(32)19-25-30(6)18-16-26(33)29(4,5)24(30)15-17-31(25,27)7/h9-14,24-25H,15-19H2,1-8H3/b12-10+,13-9+,20-11+,22-14-,27-21+/t24-,25-,30-,31-/m0/s1. The van der Waals surface area contributed by atoms with E-state index in [2.05, 4.69) is 40.7 Å². The number of hydrogen-bond donors (Lipinski definition) is 0. The molecule has 4 atom stereocenters. The molecule has 0 aromatic rings. The fourth-order valence-corrected chi connectivity index (χ4v) is 7.44. The van der Waals surface area contributed by atoms with Crippen molar-refractivity contribution >= 4 is 17.5 Å². The van der Waals surface area contributed by atoms with E-state index < -0.39 is 0 Å². The minimum Gasteiger partial charge on any atom is -0.466 e. The van der Waals surface area contributed by atoms with E-state index >= 15 is 0 Å². The molecule has 35 heavy (non-hydrogen) atoms. The summed E-state index contributed by atoms with van der Waals surface area (Å²) in [6.45, 7) is 14.7. The fraction of sp³-hybridized carbons (Fsp3) is 0.581. The number of carbonyl (C=O) groups is 3. The lowest BCUT2D eigenvalue weighted by Crippen LogP contribution is -2.56. The van der Waals surface area contributed by atoms with E-state index in [1.807, 2.05) is 31.2 Å². The van der Waals surface area contributed by atoms with Crippen LogP contribution in [0.15, 0.2) is 58.7 Å². The summed E-state index contributed by atoms with van der Waals surface area (Å²) in [4.78, 5) is 37.6. The molecule has 3 aliphatic carbocycles. The third kappa shape index (κ3) is 4.81. The summed E-state index contributed by atoms with van der Waals surface area (Å²) < 4.78 is 4.70. The summed E-state index contributed by atoms with van der Waals surface area (Å²) in [5.41, 5.74) is 3.19. The number of Topliss-reactive ketones (excluding diaryl/α,β-unsaturated/α-hetero) is 2. The zero-order valence-electron chi connectivity index (χ0n) is 22.8. The van der Waals surface area contributed by atoms with Crippen molar-refractivity contribution < 1.29 is 19.1 Å². The van der Waals surface area contributed by atoms with E-state index in [1.54, 1.807) is 13.0 Å². The van der Waals surface area contributed by atoms with Crippen LogP contribution < -0.4 is 0 Å². The van der Waals surface area contributed by atoms with Crippen LogP contribution in [0, 0.1) is 28.1 Å². The van der Waals surface area contributed by atoms with Gasteiger partial charge in [-0.25, -0.2) is 4.79 Å². The Morgan fingerprint density at radius 3 is 2.26 bits per heavy atom. The van der Waals surface area contributed by atoms with Crippen LogP contribution in [-0.2, 0) is 19.1 Å². The van der Waals surface area contributed by atoms with Crippen LogP contribution in [0.2, 0.25) is 0 Å². The molecule has 0 N–H and O–H groups in total. The van der Waals surface area contributed by atoms with Gasteiger partial charge >= 0.3 is 5.97 Å². The van der Waals surface area contributed by atoms with E-state index in [-0.39, 0.29) is 33.9 Å². The zero-order valence-corrected chi connectivity index (χ0v) is 22.8. The van der Waals surface area contributed by atoms with Crippen molar-refractivity contribution in [1.29, 1.82) is 0 Å². The van der Waals surface area contributed by atoms with Gasteiger partial charge in [-0.15, -0.1) is 0 Å². The molecule has 0 heterocycles. The van der Waals surface area contributed by atoms with Crippen molar-refractivity contribution in [3.63, 3.8) is 0 Å².